The van der Waals surface area contributed by atoms with E-state index < -0.39 is 0 Å². The predicted octanol–water partition coefficient (Wildman–Crippen LogP) is 9.61. The summed E-state index contributed by atoms with van der Waals surface area (Å²) in [5.74, 6) is 1.24. The van der Waals surface area contributed by atoms with E-state index in [0.717, 1.165) is 62.6 Å². The van der Waals surface area contributed by atoms with Crippen LogP contribution < -0.4 is 8.37 Å². The molecule has 2 aliphatic carbocycles. The van der Waals surface area contributed by atoms with Crippen LogP contribution in [-0.2, 0) is 5.41 Å². The van der Waals surface area contributed by atoms with Gasteiger partial charge >= 0.3 is 0 Å². The molecule has 0 fully saturated rings. The normalized spacial score (nSPS) is 15.5. The molecule has 0 amide bonds. The van der Waals surface area contributed by atoms with Crippen molar-refractivity contribution in [2.24, 2.45) is 5.92 Å². The molecule has 0 heterocycles. The molecule has 8 heteroatoms. The molecule has 4 aromatic rings. The summed E-state index contributed by atoms with van der Waals surface area (Å²) in [5.41, 5.74) is 4.53. The van der Waals surface area contributed by atoms with Crippen LogP contribution in [-0.4, -0.2) is 23.0 Å². The Morgan fingerprint density at radius 1 is 0.609 bits per heavy atom. The van der Waals surface area contributed by atoms with Crippen molar-refractivity contribution >= 4 is 56.9 Å². The fraction of sp³-hybridized carbons (Fsp3) is 0.158. The highest BCUT2D eigenvalue weighted by Gasteiger charge is 2.31. The highest BCUT2D eigenvalue weighted by atomic mass is 32.2. The lowest BCUT2D eigenvalue weighted by Gasteiger charge is -2.33. The molecule has 6 nitrogen and oxygen atoms in total. The summed E-state index contributed by atoms with van der Waals surface area (Å²) in [4.78, 5) is 26.2. The van der Waals surface area contributed by atoms with Crippen LogP contribution >= 0.6 is 24.1 Å². The first kappa shape index (κ1) is 31.3. The second-order valence-electron chi connectivity index (χ2n) is 11.9. The number of nitrogens with one attached hydrogen (secondary N) is 2. The molecule has 0 radical (unpaired) electrons. The van der Waals surface area contributed by atoms with Crippen molar-refractivity contribution in [2.75, 3.05) is 0 Å². The lowest BCUT2D eigenvalue weighted by Crippen LogP contribution is -2.25. The average Bonchev–Trinajstić information content (AvgIpc) is 3.07. The van der Waals surface area contributed by atoms with E-state index in [1.54, 1.807) is 36.4 Å². The zero-order chi connectivity index (χ0) is 32.4. The molecule has 4 aromatic carbocycles. The van der Waals surface area contributed by atoms with Gasteiger partial charge in [0.15, 0.2) is 0 Å². The Bertz CT molecular complexity index is 1790. The summed E-state index contributed by atoms with van der Waals surface area (Å²) in [7, 11) is 0. The van der Waals surface area contributed by atoms with E-state index in [4.69, 9.17) is 19.2 Å². The molecule has 230 valence electrons. The van der Waals surface area contributed by atoms with Crippen molar-refractivity contribution in [3.8, 4) is 11.5 Å². The van der Waals surface area contributed by atoms with Crippen molar-refractivity contribution in [3.63, 3.8) is 0 Å². The van der Waals surface area contributed by atoms with E-state index >= 15 is 0 Å². The number of hydrogen-bond acceptors (Lipinski definition) is 8. The number of hydrogen-bond donors (Lipinski definition) is 2. The van der Waals surface area contributed by atoms with Gasteiger partial charge in [0, 0.05) is 27.7 Å². The Balaban J connectivity index is 1.16. The smallest absolute Gasteiger partial charge is 0.211 e. The van der Waals surface area contributed by atoms with Crippen LogP contribution in [0.5, 0.6) is 11.5 Å². The average molecular weight is 645 g/mol. The van der Waals surface area contributed by atoms with Gasteiger partial charge in [-0.05, 0) is 59.9 Å². The monoisotopic (exact) mass is 644 g/mol. The SMILES string of the molecule is CC(C)CC(C)(c1ccc(OSC2=CC(=N)C(=O)c3ccccc32)cc1)c1ccc(OSC2=CC(=N)C(=O)c3ccccc32)cc1. The topological polar surface area (TPSA) is 100 Å². The van der Waals surface area contributed by atoms with E-state index in [9.17, 15) is 9.59 Å². The summed E-state index contributed by atoms with van der Waals surface area (Å²) in [6.07, 6.45) is 4.05. The number of carbonyl (C=O) groups excluding carboxylic acids is 2. The zero-order valence-corrected chi connectivity index (χ0v) is 27.3. The molecular weight excluding hydrogens is 613 g/mol. The van der Waals surface area contributed by atoms with E-state index in [0.29, 0.717) is 28.5 Å². The van der Waals surface area contributed by atoms with Crippen LogP contribution in [0.2, 0.25) is 0 Å². The largest absolute Gasteiger partial charge is 0.421 e. The van der Waals surface area contributed by atoms with Gasteiger partial charge in [-0.15, -0.1) is 0 Å². The molecule has 0 saturated carbocycles. The number of Topliss-reactive ketones (excluding diaryl/α,β-unsaturated/α-hetero) is 2. The minimum Gasteiger partial charge on any atom is -0.421 e. The number of benzene rings is 4. The Kier molecular flexibility index (Phi) is 8.84. The Morgan fingerprint density at radius 3 is 1.35 bits per heavy atom. The third-order valence-corrected chi connectivity index (χ3v) is 9.76. The van der Waals surface area contributed by atoms with Gasteiger partial charge in [0.25, 0.3) is 0 Å². The lowest BCUT2D eigenvalue weighted by molar-refractivity contribution is 0.105. The summed E-state index contributed by atoms with van der Waals surface area (Å²) in [6.45, 7) is 6.69. The van der Waals surface area contributed by atoms with Crippen molar-refractivity contribution in [3.05, 3.63) is 143 Å². The quantitative estimate of drug-likeness (QED) is 0.167. The van der Waals surface area contributed by atoms with Gasteiger partial charge in [-0.1, -0.05) is 93.6 Å². The maximum atomic E-state index is 12.4. The molecule has 0 atom stereocenters. The molecule has 0 aromatic heterocycles. The highest BCUT2D eigenvalue weighted by Crippen LogP contribution is 2.41. The molecule has 6 rings (SSSR count). The number of carbonyl (C=O) groups is 2. The third-order valence-electron chi connectivity index (χ3n) is 8.17. The maximum Gasteiger partial charge on any atom is 0.211 e. The van der Waals surface area contributed by atoms with Crippen molar-refractivity contribution in [2.45, 2.75) is 32.6 Å². The lowest BCUT2D eigenvalue weighted by atomic mass is 9.71. The number of ketones is 2. The van der Waals surface area contributed by atoms with Gasteiger partial charge in [-0.3, -0.25) is 20.4 Å². The minimum absolute atomic E-state index is 0.0481. The van der Waals surface area contributed by atoms with E-state index in [-0.39, 0.29) is 28.4 Å². The Labute approximate surface area is 277 Å². The highest BCUT2D eigenvalue weighted by molar-refractivity contribution is 8.04. The molecule has 2 aliphatic rings. The first-order chi connectivity index (χ1) is 22.1. The van der Waals surface area contributed by atoms with Crippen LogP contribution in [0.4, 0.5) is 0 Å². The number of allylic oxidation sites excluding steroid dienone is 2. The molecule has 0 aliphatic heterocycles. The second-order valence-corrected chi connectivity index (χ2v) is 13.5. The van der Waals surface area contributed by atoms with Crippen LogP contribution in [0, 0.1) is 16.7 Å². The van der Waals surface area contributed by atoms with Crippen LogP contribution in [0.1, 0.15) is 70.2 Å². The fourth-order valence-electron chi connectivity index (χ4n) is 5.93. The minimum atomic E-state index is -0.279. The molecule has 0 spiro atoms. The van der Waals surface area contributed by atoms with Crippen LogP contribution in [0.3, 0.4) is 0 Å². The zero-order valence-electron chi connectivity index (χ0n) is 25.6. The molecule has 0 unspecified atom stereocenters. The summed E-state index contributed by atoms with van der Waals surface area (Å²) < 4.78 is 12.1. The molecule has 0 saturated heterocycles. The Morgan fingerprint density at radius 2 is 0.978 bits per heavy atom. The van der Waals surface area contributed by atoms with Gasteiger partial charge in [0.05, 0.1) is 33.9 Å². The molecular formula is C38H32N2O4S2. The van der Waals surface area contributed by atoms with Gasteiger partial charge in [0.2, 0.25) is 11.6 Å². The van der Waals surface area contributed by atoms with Crippen LogP contribution in [0.15, 0.2) is 109 Å². The summed E-state index contributed by atoms with van der Waals surface area (Å²) >= 11 is 2.30. The first-order valence-corrected chi connectivity index (χ1v) is 16.4. The summed E-state index contributed by atoms with van der Waals surface area (Å²) in [6, 6.07) is 30.8. The maximum absolute atomic E-state index is 12.4. The second kappa shape index (κ2) is 13.0. The van der Waals surface area contributed by atoms with E-state index in [1.165, 1.54) is 0 Å². The van der Waals surface area contributed by atoms with E-state index in [2.05, 4.69) is 45.0 Å². The standard InChI is InChI=1S/C38H32N2O4S2/c1-23(2)22-38(3,24-12-16-26(17-13-24)43-45-34-20-32(39)36(41)30-10-6-4-8-28(30)34)25-14-18-27(19-15-25)44-46-35-21-33(40)37(42)31-11-7-5-9-29(31)35/h4-21,23,39-40H,22H2,1-3H3. The van der Waals surface area contributed by atoms with Gasteiger partial charge < -0.3 is 8.37 Å². The third kappa shape index (κ3) is 6.23. The first-order valence-electron chi connectivity index (χ1n) is 14.9. The molecule has 0 bridgehead atoms. The van der Waals surface area contributed by atoms with Crippen molar-refractivity contribution < 1.29 is 18.0 Å². The number of fused-ring (bicyclic) bond motifs is 2. The number of rotatable bonds is 10. The van der Waals surface area contributed by atoms with Crippen LogP contribution in [0.25, 0.3) is 9.81 Å². The van der Waals surface area contributed by atoms with Crippen molar-refractivity contribution in [1.29, 1.82) is 10.8 Å². The van der Waals surface area contributed by atoms with Gasteiger partial charge in [-0.2, -0.15) is 0 Å². The Hall–Kier alpha value is -4.66. The fourth-order valence-corrected chi connectivity index (χ4v) is 7.39. The molecule has 2 N–H and O–H groups in total. The van der Waals surface area contributed by atoms with Crippen molar-refractivity contribution in [1.82, 2.24) is 0 Å². The predicted molar refractivity (Wildman–Crippen MR) is 188 cm³/mol. The van der Waals surface area contributed by atoms with E-state index in [1.807, 2.05) is 48.5 Å². The van der Waals surface area contributed by atoms with Gasteiger partial charge in [0.1, 0.15) is 22.9 Å². The molecule has 46 heavy (non-hydrogen) atoms. The van der Waals surface area contributed by atoms with Gasteiger partial charge in [-0.25, -0.2) is 0 Å². The summed E-state index contributed by atoms with van der Waals surface area (Å²) in [5, 5.41) is 16.1.